The standard InChI is InChI=1S/C15H21NOS/c1-16-14(11-3-2-4-11)15(17)12-6-5-10-7-8-18-13(10)9-12/h5-6,9,11,14-17H,2-4,7-8H2,1H3. The molecule has 0 amide bonds. The lowest BCUT2D eigenvalue weighted by Crippen LogP contribution is -2.42. The summed E-state index contributed by atoms with van der Waals surface area (Å²) in [6.07, 6.45) is 4.63. The molecule has 2 aliphatic rings. The molecular formula is C15H21NOS. The van der Waals surface area contributed by atoms with Crippen LogP contribution >= 0.6 is 11.8 Å². The van der Waals surface area contributed by atoms with E-state index in [4.69, 9.17) is 0 Å². The van der Waals surface area contributed by atoms with Gasteiger partial charge >= 0.3 is 0 Å². The first-order valence-corrected chi connectivity index (χ1v) is 7.89. The number of fused-ring (bicyclic) bond motifs is 1. The zero-order valence-corrected chi connectivity index (χ0v) is 11.7. The van der Waals surface area contributed by atoms with Gasteiger partial charge < -0.3 is 10.4 Å². The van der Waals surface area contributed by atoms with Crippen molar-refractivity contribution >= 4 is 11.8 Å². The Balaban J connectivity index is 1.80. The van der Waals surface area contributed by atoms with Crippen LogP contribution in [0, 0.1) is 5.92 Å². The predicted octanol–water partition coefficient (Wildman–Crippen LogP) is 2.76. The molecule has 1 fully saturated rings. The maximum atomic E-state index is 10.6. The summed E-state index contributed by atoms with van der Waals surface area (Å²) in [4.78, 5) is 1.37. The van der Waals surface area contributed by atoms with Gasteiger partial charge in [-0.25, -0.2) is 0 Å². The van der Waals surface area contributed by atoms with Gasteiger partial charge in [0.05, 0.1) is 6.10 Å². The van der Waals surface area contributed by atoms with Gasteiger partial charge in [-0.3, -0.25) is 0 Å². The summed E-state index contributed by atoms with van der Waals surface area (Å²) in [5.74, 6) is 1.83. The SMILES string of the molecule is CNC(C1CCC1)C(O)c1ccc2c(c1)SCC2. The van der Waals surface area contributed by atoms with E-state index >= 15 is 0 Å². The second-order valence-corrected chi connectivity index (χ2v) is 6.55. The van der Waals surface area contributed by atoms with Crippen LogP contribution in [0.5, 0.6) is 0 Å². The lowest BCUT2D eigenvalue weighted by molar-refractivity contribution is 0.0735. The van der Waals surface area contributed by atoms with Crippen molar-refractivity contribution in [3.63, 3.8) is 0 Å². The smallest absolute Gasteiger partial charge is 0.0945 e. The van der Waals surface area contributed by atoms with Crippen LogP contribution in [0.25, 0.3) is 0 Å². The van der Waals surface area contributed by atoms with Crippen LogP contribution < -0.4 is 5.32 Å². The van der Waals surface area contributed by atoms with Crippen molar-refractivity contribution in [2.24, 2.45) is 5.92 Å². The molecule has 0 aromatic heterocycles. The Kier molecular flexibility index (Phi) is 3.64. The Hall–Kier alpha value is -0.510. The highest BCUT2D eigenvalue weighted by Crippen LogP contribution is 2.37. The Morgan fingerprint density at radius 2 is 2.22 bits per heavy atom. The average molecular weight is 263 g/mol. The van der Waals surface area contributed by atoms with E-state index in [1.54, 1.807) is 0 Å². The summed E-state index contributed by atoms with van der Waals surface area (Å²) in [7, 11) is 1.97. The van der Waals surface area contributed by atoms with E-state index < -0.39 is 0 Å². The van der Waals surface area contributed by atoms with Gasteiger partial charge in [-0.2, -0.15) is 0 Å². The molecule has 1 aromatic rings. The molecule has 1 saturated carbocycles. The van der Waals surface area contributed by atoms with Gasteiger partial charge in [0.2, 0.25) is 0 Å². The van der Waals surface area contributed by atoms with Crippen molar-refractivity contribution in [1.82, 2.24) is 5.32 Å². The van der Waals surface area contributed by atoms with Crippen LogP contribution in [0.2, 0.25) is 0 Å². The van der Waals surface area contributed by atoms with Gasteiger partial charge in [0, 0.05) is 16.7 Å². The van der Waals surface area contributed by atoms with Crippen molar-refractivity contribution in [3.05, 3.63) is 29.3 Å². The number of likely N-dealkylation sites (N-methyl/N-ethyl adjacent to an activating group) is 1. The summed E-state index contributed by atoms with van der Waals surface area (Å²) in [5, 5.41) is 13.9. The molecule has 3 heteroatoms. The van der Waals surface area contributed by atoms with E-state index in [1.807, 2.05) is 18.8 Å². The summed E-state index contributed by atoms with van der Waals surface area (Å²) < 4.78 is 0. The first kappa shape index (κ1) is 12.5. The van der Waals surface area contributed by atoms with Gasteiger partial charge in [-0.05, 0) is 49.4 Å². The van der Waals surface area contributed by atoms with E-state index in [2.05, 4.69) is 23.5 Å². The summed E-state index contributed by atoms with van der Waals surface area (Å²) in [6.45, 7) is 0. The molecule has 2 nitrogen and oxygen atoms in total. The summed E-state index contributed by atoms with van der Waals surface area (Å²) >= 11 is 1.92. The number of rotatable bonds is 4. The monoisotopic (exact) mass is 263 g/mol. The Morgan fingerprint density at radius 1 is 1.39 bits per heavy atom. The molecule has 1 aliphatic heterocycles. The highest BCUT2D eigenvalue weighted by Gasteiger charge is 2.32. The number of aliphatic hydroxyl groups is 1. The average Bonchev–Trinajstić information content (AvgIpc) is 2.79. The second kappa shape index (κ2) is 5.24. The van der Waals surface area contributed by atoms with Crippen LogP contribution in [-0.2, 0) is 6.42 Å². The molecule has 3 rings (SSSR count). The van der Waals surface area contributed by atoms with Crippen molar-refractivity contribution < 1.29 is 5.11 Å². The molecule has 2 N–H and O–H groups in total. The fourth-order valence-electron chi connectivity index (χ4n) is 3.02. The molecule has 1 heterocycles. The van der Waals surface area contributed by atoms with Crippen LogP contribution in [0.4, 0.5) is 0 Å². The lowest BCUT2D eigenvalue weighted by Gasteiger charge is -2.36. The number of benzene rings is 1. The van der Waals surface area contributed by atoms with Crippen molar-refractivity contribution in [2.45, 2.75) is 42.7 Å². The van der Waals surface area contributed by atoms with Gasteiger partial charge in [-0.1, -0.05) is 18.6 Å². The third kappa shape index (κ3) is 2.20. The minimum absolute atomic E-state index is 0.211. The van der Waals surface area contributed by atoms with Crippen molar-refractivity contribution in [3.8, 4) is 0 Å². The molecule has 1 aliphatic carbocycles. The Bertz CT molecular complexity index is 431. The van der Waals surface area contributed by atoms with E-state index in [0.29, 0.717) is 5.92 Å². The first-order chi connectivity index (χ1) is 8.79. The second-order valence-electron chi connectivity index (χ2n) is 5.42. The Morgan fingerprint density at radius 3 is 2.89 bits per heavy atom. The molecule has 1 aromatic carbocycles. The highest BCUT2D eigenvalue weighted by atomic mass is 32.2. The zero-order valence-electron chi connectivity index (χ0n) is 10.9. The van der Waals surface area contributed by atoms with Crippen molar-refractivity contribution in [2.75, 3.05) is 12.8 Å². The minimum atomic E-state index is -0.369. The van der Waals surface area contributed by atoms with Crippen molar-refractivity contribution in [1.29, 1.82) is 0 Å². The molecule has 0 bridgehead atoms. The molecular weight excluding hydrogens is 242 g/mol. The van der Waals surface area contributed by atoms with Gasteiger partial charge in [0.25, 0.3) is 0 Å². The molecule has 0 radical (unpaired) electrons. The maximum Gasteiger partial charge on any atom is 0.0945 e. The zero-order chi connectivity index (χ0) is 12.5. The molecule has 18 heavy (non-hydrogen) atoms. The number of nitrogens with one attached hydrogen (secondary N) is 1. The van der Waals surface area contributed by atoms with Gasteiger partial charge in [-0.15, -0.1) is 11.8 Å². The topological polar surface area (TPSA) is 32.3 Å². The number of aryl methyl sites for hydroxylation is 1. The van der Waals surface area contributed by atoms with E-state index in [-0.39, 0.29) is 12.1 Å². The first-order valence-electron chi connectivity index (χ1n) is 6.90. The molecule has 2 atom stereocenters. The molecule has 0 spiro atoms. The quantitative estimate of drug-likeness (QED) is 0.876. The number of aliphatic hydroxyl groups excluding tert-OH is 1. The van der Waals surface area contributed by atoms with E-state index in [0.717, 1.165) is 5.56 Å². The summed E-state index contributed by atoms with van der Waals surface area (Å²) in [6, 6.07) is 6.71. The normalized spacial score (nSPS) is 22.3. The maximum absolute atomic E-state index is 10.6. The van der Waals surface area contributed by atoms with E-state index in [1.165, 1.54) is 41.9 Å². The van der Waals surface area contributed by atoms with Crippen LogP contribution in [-0.4, -0.2) is 23.9 Å². The minimum Gasteiger partial charge on any atom is -0.387 e. The predicted molar refractivity (Wildman–Crippen MR) is 76.0 cm³/mol. The summed E-state index contributed by atoms with van der Waals surface area (Å²) in [5.41, 5.74) is 2.52. The third-order valence-electron chi connectivity index (χ3n) is 4.39. The highest BCUT2D eigenvalue weighted by molar-refractivity contribution is 7.99. The third-order valence-corrected chi connectivity index (χ3v) is 5.49. The molecule has 98 valence electrons. The fraction of sp³-hybridized carbons (Fsp3) is 0.600. The molecule has 0 saturated heterocycles. The van der Waals surface area contributed by atoms with E-state index in [9.17, 15) is 5.11 Å². The molecule has 2 unspecified atom stereocenters. The number of thioether (sulfide) groups is 1. The largest absolute Gasteiger partial charge is 0.387 e. The van der Waals surface area contributed by atoms with Crippen LogP contribution in [0.3, 0.4) is 0 Å². The Labute approximate surface area is 113 Å². The lowest BCUT2D eigenvalue weighted by atomic mass is 9.76. The van der Waals surface area contributed by atoms with Gasteiger partial charge in [0.15, 0.2) is 0 Å². The fourth-order valence-corrected chi connectivity index (χ4v) is 4.14. The number of hydrogen-bond donors (Lipinski definition) is 2. The van der Waals surface area contributed by atoms with Gasteiger partial charge in [0.1, 0.15) is 0 Å². The van der Waals surface area contributed by atoms with Crippen LogP contribution in [0.1, 0.15) is 36.5 Å². The van der Waals surface area contributed by atoms with Crippen LogP contribution in [0.15, 0.2) is 23.1 Å². The number of hydrogen-bond acceptors (Lipinski definition) is 3.